The number of rotatable bonds is 7. The minimum absolute atomic E-state index is 0.143. The van der Waals surface area contributed by atoms with Crippen LogP contribution in [0.1, 0.15) is 24.8 Å². The van der Waals surface area contributed by atoms with E-state index >= 15 is 0 Å². The summed E-state index contributed by atoms with van der Waals surface area (Å²) in [4.78, 5) is 16.3. The third-order valence-corrected chi connectivity index (χ3v) is 4.78. The van der Waals surface area contributed by atoms with Gasteiger partial charge in [0.15, 0.2) is 5.58 Å². The second-order valence-corrected chi connectivity index (χ2v) is 6.88. The first-order valence-corrected chi connectivity index (χ1v) is 9.15. The highest BCUT2D eigenvalue weighted by Crippen LogP contribution is 2.23. The van der Waals surface area contributed by atoms with E-state index in [1.165, 1.54) is 23.1 Å². The number of carbonyl (C=O) groups excluding carboxylic acids is 1. The summed E-state index contributed by atoms with van der Waals surface area (Å²) < 4.78 is 5.56. The van der Waals surface area contributed by atoms with Gasteiger partial charge < -0.3 is 4.42 Å². The summed E-state index contributed by atoms with van der Waals surface area (Å²) in [6, 6.07) is 7.52. The number of aromatic nitrogens is 3. The standard InChI is InChI=1S/C15H16N4O2S2/c1-2-3-8-13-18-19-14(23-13)17-12(20)9-22-15-16-10-6-4-5-7-11(10)21-15/h4-7H,2-3,8-9H2,1H3,(H,17,19,20). The molecule has 0 unspecified atom stereocenters. The van der Waals surface area contributed by atoms with Crippen LogP contribution in [0.15, 0.2) is 33.9 Å². The number of aryl methyl sites for hydroxylation is 1. The number of hydrogen-bond acceptors (Lipinski definition) is 7. The van der Waals surface area contributed by atoms with Crippen LogP contribution in [0, 0.1) is 0 Å². The predicted molar refractivity (Wildman–Crippen MR) is 91.9 cm³/mol. The summed E-state index contributed by atoms with van der Waals surface area (Å²) in [5.41, 5.74) is 1.51. The molecule has 0 spiro atoms. The highest BCUT2D eigenvalue weighted by Gasteiger charge is 2.11. The lowest BCUT2D eigenvalue weighted by Gasteiger charge is -1.98. The Morgan fingerprint density at radius 2 is 2.22 bits per heavy atom. The Labute approximate surface area is 141 Å². The second-order valence-electron chi connectivity index (χ2n) is 4.89. The van der Waals surface area contributed by atoms with Gasteiger partial charge in [-0.2, -0.15) is 0 Å². The molecule has 120 valence electrons. The number of benzene rings is 1. The third-order valence-electron chi connectivity index (χ3n) is 3.06. The van der Waals surface area contributed by atoms with Crippen LogP contribution in [0.5, 0.6) is 0 Å². The Balaban J connectivity index is 1.52. The lowest BCUT2D eigenvalue weighted by molar-refractivity contribution is -0.113. The zero-order valence-corrected chi connectivity index (χ0v) is 14.2. The maximum Gasteiger partial charge on any atom is 0.257 e. The van der Waals surface area contributed by atoms with Gasteiger partial charge >= 0.3 is 0 Å². The summed E-state index contributed by atoms with van der Waals surface area (Å²) in [5, 5.41) is 12.8. The van der Waals surface area contributed by atoms with Crippen molar-refractivity contribution >= 4 is 45.2 Å². The van der Waals surface area contributed by atoms with E-state index in [2.05, 4.69) is 27.4 Å². The predicted octanol–water partition coefficient (Wildman–Crippen LogP) is 3.75. The van der Waals surface area contributed by atoms with Crippen LogP contribution in [-0.2, 0) is 11.2 Å². The molecule has 0 saturated carbocycles. The van der Waals surface area contributed by atoms with Crippen LogP contribution in [-0.4, -0.2) is 26.8 Å². The lowest BCUT2D eigenvalue weighted by Crippen LogP contribution is -2.13. The van der Waals surface area contributed by atoms with Crippen molar-refractivity contribution < 1.29 is 9.21 Å². The molecule has 0 radical (unpaired) electrons. The number of nitrogens with zero attached hydrogens (tertiary/aromatic N) is 3. The van der Waals surface area contributed by atoms with Gasteiger partial charge in [0.2, 0.25) is 11.0 Å². The van der Waals surface area contributed by atoms with E-state index in [0.29, 0.717) is 10.4 Å². The van der Waals surface area contributed by atoms with Gasteiger partial charge in [-0.05, 0) is 18.6 Å². The van der Waals surface area contributed by atoms with Crippen molar-refractivity contribution in [2.24, 2.45) is 0 Å². The van der Waals surface area contributed by atoms with Crippen LogP contribution in [0.3, 0.4) is 0 Å². The fraction of sp³-hybridized carbons (Fsp3) is 0.333. The van der Waals surface area contributed by atoms with Crippen molar-refractivity contribution in [3.05, 3.63) is 29.3 Å². The average Bonchev–Trinajstić information content (AvgIpc) is 3.17. The number of fused-ring (bicyclic) bond motifs is 1. The van der Waals surface area contributed by atoms with Crippen LogP contribution in [0.25, 0.3) is 11.1 Å². The molecule has 3 rings (SSSR count). The number of hydrogen-bond donors (Lipinski definition) is 1. The Bertz CT molecular complexity index is 766. The quantitative estimate of drug-likeness (QED) is 0.655. The number of amides is 1. The van der Waals surface area contributed by atoms with Gasteiger partial charge in [-0.1, -0.05) is 48.6 Å². The lowest BCUT2D eigenvalue weighted by atomic mass is 10.3. The van der Waals surface area contributed by atoms with E-state index in [4.69, 9.17) is 4.42 Å². The first-order chi connectivity index (χ1) is 11.2. The van der Waals surface area contributed by atoms with Gasteiger partial charge in [-0.15, -0.1) is 10.2 Å². The second kappa shape index (κ2) is 7.56. The smallest absolute Gasteiger partial charge is 0.257 e. The number of nitrogens with one attached hydrogen (secondary N) is 1. The first-order valence-electron chi connectivity index (χ1n) is 7.35. The Kier molecular flexibility index (Phi) is 5.24. The molecule has 8 heteroatoms. The molecule has 0 aliphatic carbocycles. The molecule has 1 N–H and O–H groups in total. The number of oxazole rings is 1. The number of unbranched alkanes of at least 4 members (excludes halogenated alkanes) is 1. The molecule has 3 aromatic rings. The summed E-state index contributed by atoms with van der Waals surface area (Å²) in [7, 11) is 0. The molecule has 6 nitrogen and oxygen atoms in total. The van der Waals surface area contributed by atoms with Crippen molar-refractivity contribution in [2.75, 3.05) is 11.1 Å². The fourth-order valence-corrected chi connectivity index (χ4v) is 3.36. The number of para-hydroxylation sites is 2. The summed E-state index contributed by atoms with van der Waals surface area (Å²) in [5.74, 6) is 0.0758. The zero-order chi connectivity index (χ0) is 16.1. The summed E-state index contributed by atoms with van der Waals surface area (Å²) in [6.07, 6.45) is 3.10. The number of thioether (sulfide) groups is 1. The Morgan fingerprint density at radius 3 is 3.04 bits per heavy atom. The van der Waals surface area contributed by atoms with E-state index in [0.717, 1.165) is 35.4 Å². The van der Waals surface area contributed by atoms with Crippen molar-refractivity contribution in [3.8, 4) is 0 Å². The zero-order valence-electron chi connectivity index (χ0n) is 12.6. The maximum absolute atomic E-state index is 12.0. The fourth-order valence-electron chi connectivity index (χ4n) is 1.93. The maximum atomic E-state index is 12.0. The number of anilines is 1. The van der Waals surface area contributed by atoms with Crippen LogP contribution >= 0.6 is 23.1 Å². The largest absolute Gasteiger partial charge is 0.431 e. The van der Waals surface area contributed by atoms with E-state index in [1.807, 2.05) is 24.3 Å². The van der Waals surface area contributed by atoms with E-state index < -0.39 is 0 Å². The molecule has 0 aliphatic heterocycles. The normalized spacial score (nSPS) is 11.0. The van der Waals surface area contributed by atoms with E-state index in [9.17, 15) is 4.79 Å². The van der Waals surface area contributed by atoms with Gasteiger partial charge in [-0.25, -0.2) is 4.98 Å². The molecule has 0 aliphatic rings. The van der Waals surface area contributed by atoms with Gasteiger partial charge in [-0.3, -0.25) is 10.1 Å². The van der Waals surface area contributed by atoms with Crippen molar-refractivity contribution in [1.82, 2.24) is 15.2 Å². The van der Waals surface area contributed by atoms with Gasteiger partial charge in [0.05, 0.1) is 5.75 Å². The molecule has 2 heterocycles. The molecule has 0 saturated heterocycles. The van der Waals surface area contributed by atoms with Crippen molar-refractivity contribution in [3.63, 3.8) is 0 Å². The van der Waals surface area contributed by atoms with Gasteiger partial charge in [0.25, 0.3) is 5.22 Å². The molecule has 1 amide bonds. The minimum atomic E-state index is -0.143. The summed E-state index contributed by atoms with van der Waals surface area (Å²) in [6.45, 7) is 2.13. The van der Waals surface area contributed by atoms with Gasteiger partial charge in [0.1, 0.15) is 10.5 Å². The Morgan fingerprint density at radius 1 is 1.35 bits per heavy atom. The molecular weight excluding hydrogens is 332 g/mol. The average molecular weight is 348 g/mol. The van der Waals surface area contributed by atoms with Crippen molar-refractivity contribution in [2.45, 2.75) is 31.4 Å². The topological polar surface area (TPSA) is 80.9 Å². The Hall–Kier alpha value is -1.93. The monoisotopic (exact) mass is 348 g/mol. The number of carbonyl (C=O) groups is 1. The van der Waals surface area contributed by atoms with E-state index in [-0.39, 0.29) is 11.7 Å². The molecule has 2 aromatic heterocycles. The molecule has 0 fully saturated rings. The molecule has 0 atom stereocenters. The highest BCUT2D eigenvalue weighted by molar-refractivity contribution is 7.99. The minimum Gasteiger partial charge on any atom is -0.431 e. The first kappa shape index (κ1) is 15.9. The van der Waals surface area contributed by atoms with E-state index in [1.54, 1.807) is 0 Å². The van der Waals surface area contributed by atoms with Gasteiger partial charge in [0, 0.05) is 6.42 Å². The van der Waals surface area contributed by atoms with Crippen LogP contribution in [0.4, 0.5) is 5.13 Å². The molecular formula is C15H16N4O2S2. The molecule has 0 bridgehead atoms. The third kappa shape index (κ3) is 4.29. The van der Waals surface area contributed by atoms with Crippen LogP contribution < -0.4 is 5.32 Å². The SMILES string of the molecule is CCCCc1nnc(NC(=O)CSc2nc3ccccc3o2)s1. The molecule has 1 aromatic carbocycles. The molecule has 23 heavy (non-hydrogen) atoms. The van der Waals surface area contributed by atoms with Crippen LogP contribution in [0.2, 0.25) is 0 Å². The summed E-state index contributed by atoms with van der Waals surface area (Å²) >= 11 is 2.68. The van der Waals surface area contributed by atoms with Crippen molar-refractivity contribution in [1.29, 1.82) is 0 Å². The highest BCUT2D eigenvalue weighted by atomic mass is 32.2.